The molecule has 0 bridgehead atoms. The van der Waals surface area contributed by atoms with E-state index in [1.807, 2.05) is 12.1 Å². The van der Waals surface area contributed by atoms with Crippen LogP contribution in [0.2, 0.25) is 0 Å². The lowest BCUT2D eigenvalue weighted by Crippen LogP contribution is -2.38. The molecule has 1 amide bonds. The molecule has 0 aliphatic carbocycles. The van der Waals surface area contributed by atoms with Crippen LogP contribution in [0.3, 0.4) is 0 Å². The lowest BCUT2D eigenvalue weighted by atomic mass is 10.2. The zero-order valence-corrected chi connectivity index (χ0v) is 15.6. The van der Waals surface area contributed by atoms with E-state index in [-0.39, 0.29) is 23.5 Å². The Morgan fingerprint density at radius 3 is 2.52 bits per heavy atom. The van der Waals surface area contributed by atoms with Gasteiger partial charge in [0.2, 0.25) is 5.91 Å². The van der Waals surface area contributed by atoms with Crippen LogP contribution in [0, 0.1) is 0 Å². The number of carbonyl (C=O) groups excluding carboxylic acids is 1. The second-order valence-corrected chi connectivity index (χ2v) is 9.21. The number of benzene rings is 1. The van der Waals surface area contributed by atoms with Gasteiger partial charge in [-0.2, -0.15) is 0 Å². The molecule has 0 spiro atoms. The van der Waals surface area contributed by atoms with Gasteiger partial charge in [-0.25, -0.2) is 8.42 Å². The fourth-order valence-electron chi connectivity index (χ4n) is 3.54. The van der Waals surface area contributed by atoms with E-state index in [0.717, 1.165) is 18.8 Å². The Labute approximate surface area is 150 Å². The van der Waals surface area contributed by atoms with Crippen LogP contribution in [0.5, 0.6) is 0 Å². The van der Waals surface area contributed by atoms with Gasteiger partial charge in [0.15, 0.2) is 9.84 Å². The van der Waals surface area contributed by atoms with Gasteiger partial charge in [-0.1, -0.05) is 0 Å². The quantitative estimate of drug-likeness (QED) is 0.831. The topological polar surface area (TPSA) is 69.7 Å². The van der Waals surface area contributed by atoms with Crippen molar-refractivity contribution in [2.24, 2.45) is 0 Å². The highest BCUT2D eigenvalue weighted by atomic mass is 32.2. The summed E-state index contributed by atoms with van der Waals surface area (Å²) in [4.78, 5) is 16.2. The molecule has 1 aromatic carbocycles. The van der Waals surface area contributed by atoms with E-state index >= 15 is 0 Å². The number of hydrogen-bond acceptors (Lipinski definition) is 5. The van der Waals surface area contributed by atoms with Crippen LogP contribution >= 0.6 is 0 Å². The van der Waals surface area contributed by atoms with Gasteiger partial charge in [0.25, 0.3) is 0 Å². The summed E-state index contributed by atoms with van der Waals surface area (Å²) >= 11 is 0. The molecule has 138 valence electrons. The Bertz CT molecular complexity index is 697. The minimum Gasteiger partial charge on any atom is -0.385 e. The Kier molecular flexibility index (Phi) is 5.51. The van der Waals surface area contributed by atoms with Gasteiger partial charge in [0, 0.05) is 50.5 Å². The van der Waals surface area contributed by atoms with Crippen LogP contribution in [0.25, 0.3) is 0 Å². The molecular weight excluding hydrogens is 338 g/mol. The van der Waals surface area contributed by atoms with E-state index in [4.69, 9.17) is 0 Å². The fourth-order valence-corrected chi connectivity index (χ4v) is 5.31. The van der Waals surface area contributed by atoms with Crippen molar-refractivity contribution >= 4 is 27.1 Å². The summed E-state index contributed by atoms with van der Waals surface area (Å²) in [5.41, 5.74) is 2.25. The molecule has 3 rings (SSSR count). The van der Waals surface area contributed by atoms with Gasteiger partial charge >= 0.3 is 0 Å². The highest BCUT2D eigenvalue weighted by molar-refractivity contribution is 7.91. The van der Waals surface area contributed by atoms with Crippen molar-refractivity contribution in [3.05, 3.63) is 24.3 Å². The maximum Gasteiger partial charge on any atom is 0.224 e. The molecule has 1 unspecified atom stereocenters. The highest BCUT2D eigenvalue weighted by Crippen LogP contribution is 2.22. The summed E-state index contributed by atoms with van der Waals surface area (Å²) in [6.07, 6.45) is 3.44. The van der Waals surface area contributed by atoms with Crippen molar-refractivity contribution < 1.29 is 13.2 Å². The Hall–Kier alpha value is -1.76. The summed E-state index contributed by atoms with van der Waals surface area (Å²) in [6.45, 7) is 2.81. The minimum atomic E-state index is -2.96. The van der Waals surface area contributed by atoms with Crippen LogP contribution in [-0.4, -0.2) is 63.5 Å². The van der Waals surface area contributed by atoms with E-state index in [0.29, 0.717) is 19.4 Å². The number of anilines is 2. The highest BCUT2D eigenvalue weighted by Gasteiger charge is 2.32. The second kappa shape index (κ2) is 7.64. The van der Waals surface area contributed by atoms with Crippen molar-refractivity contribution in [3.63, 3.8) is 0 Å². The zero-order valence-electron chi connectivity index (χ0n) is 14.8. The lowest BCUT2D eigenvalue weighted by molar-refractivity contribution is -0.131. The Morgan fingerprint density at radius 2 is 1.92 bits per heavy atom. The first kappa shape index (κ1) is 18.0. The molecule has 2 saturated heterocycles. The average molecular weight is 365 g/mol. The standard InChI is InChI=1S/C18H27N3O3S/c1-20(17-9-13-25(23,24)14-17)18(22)8-10-19-15-4-6-16(7-5-15)21-11-2-3-12-21/h4-7,17,19H,2-3,8-14H2,1H3. The van der Waals surface area contributed by atoms with Crippen molar-refractivity contribution in [2.45, 2.75) is 31.7 Å². The molecule has 1 atom stereocenters. The molecule has 7 heteroatoms. The van der Waals surface area contributed by atoms with Crippen LogP contribution < -0.4 is 10.2 Å². The predicted molar refractivity (Wildman–Crippen MR) is 101 cm³/mol. The smallest absolute Gasteiger partial charge is 0.224 e. The van der Waals surface area contributed by atoms with E-state index in [2.05, 4.69) is 22.3 Å². The van der Waals surface area contributed by atoms with Crippen molar-refractivity contribution in [1.29, 1.82) is 0 Å². The summed E-state index contributed by atoms with van der Waals surface area (Å²) < 4.78 is 23.1. The van der Waals surface area contributed by atoms with Crippen molar-refractivity contribution in [1.82, 2.24) is 4.90 Å². The average Bonchev–Trinajstić information content (AvgIpc) is 3.24. The molecule has 2 heterocycles. The third kappa shape index (κ3) is 4.66. The van der Waals surface area contributed by atoms with Gasteiger partial charge < -0.3 is 15.1 Å². The van der Waals surface area contributed by atoms with Crippen LogP contribution in [-0.2, 0) is 14.6 Å². The first-order chi connectivity index (χ1) is 11.9. The van der Waals surface area contributed by atoms with E-state index in [9.17, 15) is 13.2 Å². The van der Waals surface area contributed by atoms with Crippen LogP contribution in [0.15, 0.2) is 24.3 Å². The molecule has 1 N–H and O–H groups in total. The number of amides is 1. The number of rotatable bonds is 6. The molecule has 1 aromatic rings. The molecular formula is C18H27N3O3S. The fraction of sp³-hybridized carbons (Fsp3) is 0.611. The predicted octanol–water partition coefficient (Wildman–Crippen LogP) is 1.73. The van der Waals surface area contributed by atoms with Crippen molar-refractivity contribution in [2.75, 3.05) is 48.4 Å². The third-order valence-electron chi connectivity index (χ3n) is 5.16. The van der Waals surface area contributed by atoms with E-state index in [1.165, 1.54) is 18.5 Å². The number of hydrogen-bond donors (Lipinski definition) is 1. The number of nitrogens with one attached hydrogen (secondary N) is 1. The first-order valence-corrected chi connectivity index (χ1v) is 10.8. The zero-order chi connectivity index (χ0) is 17.9. The summed E-state index contributed by atoms with van der Waals surface area (Å²) in [6, 6.07) is 8.16. The maximum atomic E-state index is 12.2. The molecule has 6 nitrogen and oxygen atoms in total. The molecule has 0 aromatic heterocycles. The normalized spacial score (nSPS) is 22.1. The van der Waals surface area contributed by atoms with Gasteiger partial charge in [-0.05, 0) is 43.5 Å². The SMILES string of the molecule is CN(C(=O)CCNc1ccc(N2CCCC2)cc1)C1CCS(=O)(=O)C1. The van der Waals surface area contributed by atoms with Crippen molar-refractivity contribution in [3.8, 4) is 0 Å². The molecule has 2 aliphatic heterocycles. The Morgan fingerprint density at radius 1 is 1.24 bits per heavy atom. The largest absolute Gasteiger partial charge is 0.385 e. The third-order valence-corrected chi connectivity index (χ3v) is 6.91. The molecule has 2 fully saturated rings. The number of nitrogens with zero attached hydrogens (tertiary/aromatic N) is 2. The van der Waals surface area contributed by atoms with Gasteiger partial charge in [-0.3, -0.25) is 4.79 Å². The lowest BCUT2D eigenvalue weighted by Gasteiger charge is -2.23. The molecule has 0 saturated carbocycles. The van der Waals surface area contributed by atoms with Gasteiger partial charge in [0.1, 0.15) is 0 Å². The van der Waals surface area contributed by atoms with Gasteiger partial charge in [0.05, 0.1) is 11.5 Å². The summed E-state index contributed by atoms with van der Waals surface area (Å²) in [5.74, 6) is 0.278. The maximum absolute atomic E-state index is 12.2. The monoisotopic (exact) mass is 365 g/mol. The van der Waals surface area contributed by atoms with Crippen LogP contribution in [0.4, 0.5) is 11.4 Å². The second-order valence-electron chi connectivity index (χ2n) is 6.98. The van der Waals surface area contributed by atoms with Gasteiger partial charge in [-0.15, -0.1) is 0 Å². The summed E-state index contributed by atoms with van der Waals surface area (Å²) in [5, 5.41) is 3.27. The molecule has 0 radical (unpaired) electrons. The number of sulfone groups is 1. The van der Waals surface area contributed by atoms with E-state index < -0.39 is 9.84 Å². The van der Waals surface area contributed by atoms with Crippen LogP contribution in [0.1, 0.15) is 25.7 Å². The molecule has 2 aliphatic rings. The first-order valence-electron chi connectivity index (χ1n) is 8.99. The minimum absolute atomic E-state index is 0.0108. The van der Waals surface area contributed by atoms with E-state index in [1.54, 1.807) is 11.9 Å². The number of carbonyl (C=O) groups is 1. The summed E-state index contributed by atoms with van der Waals surface area (Å²) in [7, 11) is -1.26. The Balaban J connectivity index is 1.43. The molecule has 25 heavy (non-hydrogen) atoms.